The molecule has 2 amide bonds. The van der Waals surface area contributed by atoms with Gasteiger partial charge in [0.15, 0.2) is 0 Å². The van der Waals surface area contributed by atoms with Crippen molar-refractivity contribution < 1.29 is 4.79 Å². The smallest absolute Gasteiger partial charge is 0.269 e. The third kappa shape index (κ3) is 1.60. The summed E-state index contributed by atoms with van der Waals surface area (Å²) in [6.45, 7) is 0.315. The van der Waals surface area contributed by atoms with Gasteiger partial charge >= 0.3 is 6.03 Å². The monoisotopic (exact) mass is 239 g/mol. The lowest BCUT2D eigenvalue weighted by molar-refractivity contribution is 0.256. The van der Waals surface area contributed by atoms with Crippen LogP contribution in [0.1, 0.15) is 0 Å². The van der Waals surface area contributed by atoms with Crippen molar-refractivity contribution in [3.05, 3.63) is 28.7 Å². The predicted molar refractivity (Wildman–Crippen MR) is 51.7 cm³/mol. The lowest BCUT2D eigenvalue weighted by Crippen LogP contribution is -2.22. The zero-order chi connectivity index (χ0) is 9.26. The lowest BCUT2D eigenvalue weighted by Gasteiger charge is -2.12. The minimum absolute atomic E-state index is 0.307. The van der Waals surface area contributed by atoms with Gasteiger partial charge in [-0.3, -0.25) is 4.90 Å². The Kier molecular flexibility index (Phi) is 2.10. The van der Waals surface area contributed by atoms with Crippen molar-refractivity contribution in [2.45, 2.75) is 0 Å². The van der Waals surface area contributed by atoms with E-state index in [9.17, 15) is 4.79 Å². The molecule has 1 aromatic rings. The summed E-state index contributed by atoms with van der Waals surface area (Å²) in [6.07, 6.45) is 0. The number of anilines is 1. The largest absolute Gasteiger partial charge is 0.367 e. The molecule has 1 aliphatic rings. The van der Waals surface area contributed by atoms with Crippen LogP contribution in [0, 0.1) is 0 Å². The van der Waals surface area contributed by atoms with Gasteiger partial charge in [-0.05, 0) is 18.2 Å². The van der Waals surface area contributed by atoms with Crippen LogP contribution in [-0.2, 0) is 0 Å². The average molecular weight is 240 g/mol. The first-order valence-corrected chi connectivity index (χ1v) is 4.51. The molecule has 0 saturated carbocycles. The number of halogens is 1. The Morgan fingerprint density at radius 1 is 1.46 bits per heavy atom. The predicted octanol–water partition coefficient (Wildman–Crippen LogP) is 2.80. The number of benzene rings is 1. The number of nitrogens with zero attached hydrogens (tertiary/aromatic N) is 3. The van der Waals surface area contributed by atoms with E-state index in [1.165, 1.54) is 4.90 Å². The molecule has 13 heavy (non-hydrogen) atoms. The molecule has 5 heteroatoms. The third-order valence-corrected chi connectivity index (χ3v) is 2.20. The summed E-state index contributed by atoms with van der Waals surface area (Å²) in [5.41, 5.74) is 0.810. The van der Waals surface area contributed by atoms with Gasteiger partial charge in [-0.15, -0.1) is 0 Å². The van der Waals surface area contributed by atoms with Crippen LogP contribution < -0.4 is 4.90 Å². The number of amides is 2. The molecule has 0 spiro atoms. The highest BCUT2D eigenvalue weighted by Gasteiger charge is 2.19. The van der Waals surface area contributed by atoms with Crippen molar-refractivity contribution in [1.29, 1.82) is 0 Å². The van der Waals surface area contributed by atoms with E-state index in [0.717, 1.165) is 10.2 Å². The topological polar surface area (TPSA) is 45.0 Å². The Bertz CT molecular complexity index is 377. The summed E-state index contributed by atoms with van der Waals surface area (Å²) >= 11 is 3.33. The Balaban J connectivity index is 2.31. The van der Waals surface area contributed by atoms with E-state index in [4.69, 9.17) is 0 Å². The van der Waals surface area contributed by atoms with Gasteiger partial charge in [0.25, 0.3) is 0 Å². The van der Waals surface area contributed by atoms with E-state index >= 15 is 0 Å². The molecule has 0 N–H and O–H groups in total. The highest BCUT2D eigenvalue weighted by atomic mass is 79.9. The first-order chi connectivity index (χ1) is 6.27. The van der Waals surface area contributed by atoms with E-state index in [1.807, 2.05) is 24.3 Å². The summed E-state index contributed by atoms with van der Waals surface area (Å²) < 4.78 is 0.935. The van der Waals surface area contributed by atoms with E-state index in [-0.39, 0.29) is 6.03 Å². The van der Waals surface area contributed by atoms with Crippen molar-refractivity contribution in [3.63, 3.8) is 0 Å². The molecule has 1 aromatic carbocycles. The summed E-state index contributed by atoms with van der Waals surface area (Å²) in [6, 6.07) is 7.16. The van der Waals surface area contributed by atoms with Crippen LogP contribution in [0.15, 0.2) is 39.0 Å². The van der Waals surface area contributed by atoms with Crippen molar-refractivity contribution >= 4 is 27.6 Å². The molecule has 0 unspecified atom stereocenters. The van der Waals surface area contributed by atoms with E-state index in [1.54, 1.807) is 0 Å². The fourth-order valence-corrected chi connectivity index (χ4v) is 1.49. The van der Waals surface area contributed by atoms with Crippen molar-refractivity contribution in [2.24, 2.45) is 10.2 Å². The molecule has 4 nitrogen and oxygen atoms in total. The second-order valence-electron chi connectivity index (χ2n) is 2.57. The van der Waals surface area contributed by atoms with E-state index in [0.29, 0.717) is 6.67 Å². The molecule has 0 atom stereocenters. The Hall–Kier alpha value is -1.23. The molecule has 0 aromatic heterocycles. The fourth-order valence-electron chi connectivity index (χ4n) is 1.11. The SMILES string of the molecule is O=C1N=NCN1c1cccc(Br)c1. The number of rotatable bonds is 1. The van der Waals surface area contributed by atoms with Crippen LogP contribution in [0.2, 0.25) is 0 Å². The third-order valence-electron chi connectivity index (χ3n) is 1.71. The van der Waals surface area contributed by atoms with Gasteiger partial charge in [-0.2, -0.15) is 5.11 Å². The van der Waals surface area contributed by atoms with Gasteiger partial charge in [0.2, 0.25) is 0 Å². The second kappa shape index (κ2) is 3.26. The van der Waals surface area contributed by atoms with Crippen molar-refractivity contribution in [3.8, 4) is 0 Å². The molecule has 0 radical (unpaired) electrons. The quantitative estimate of drug-likeness (QED) is 0.744. The van der Waals surface area contributed by atoms with Gasteiger partial charge in [0.1, 0.15) is 6.67 Å². The second-order valence-corrected chi connectivity index (χ2v) is 3.49. The van der Waals surface area contributed by atoms with Gasteiger partial charge in [0.05, 0.1) is 0 Å². The van der Waals surface area contributed by atoms with Gasteiger partial charge in [-0.1, -0.05) is 27.1 Å². The number of carbonyl (C=O) groups is 1. The number of carbonyl (C=O) groups excluding carboxylic acids is 1. The zero-order valence-corrected chi connectivity index (χ0v) is 8.23. The van der Waals surface area contributed by atoms with Crippen LogP contribution in [-0.4, -0.2) is 12.7 Å². The van der Waals surface area contributed by atoms with E-state index < -0.39 is 0 Å². The molecule has 1 heterocycles. The maximum Gasteiger partial charge on any atom is 0.367 e. The summed E-state index contributed by atoms with van der Waals surface area (Å²) in [7, 11) is 0. The summed E-state index contributed by atoms with van der Waals surface area (Å²) in [5, 5.41) is 7.06. The lowest BCUT2D eigenvalue weighted by atomic mass is 10.3. The van der Waals surface area contributed by atoms with Crippen LogP contribution in [0.25, 0.3) is 0 Å². The fraction of sp³-hybridized carbons (Fsp3) is 0.125. The molecule has 2 rings (SSSR count). The molecular formula is C8H6BrN3O. The number of azo groups is 1. The molecule has 66 valence electrons. The zero-order valence-electron chi connectivity index (χ0n) is 6.64. The number of hydrogen-bond donors (Lipinski definition) is 0. The maximum atomic E-state index is 11.1. The summed E-state index contributed by atoms with van der Waals surface area (Å²) in [4.78, 5) is 12.6. The van der Waals surface area contributed by atoms with Crippen LogP contribution in [0.4, 0.5) is 10.5 Å². The van der Waals surface area contributed by atoms with Crippen molar-refractivity contribution in [1.82, 2.24) is 0 Å². The van der Waals surface area contributed by atoms with Crippen LogP contribution in [0.5, 0.6) is 0 Å². The van der Waals surface area contributed by atoms with Gasteiger partial charge in [-0.25, -0.2) is 4.79 Å². The molecule has 0 fully saturated rings. The maximum absolute atomic E-state index is 11.1. The standard InChI is InChI=1S/C8H6BrN3O/c9-6-2-1-3-7(4-6)12-5-10-11-8(12)13/h1-4H,5H2. The number of urea groups is 1. The molecule has 0 aliphatic carbocycles. The van der Waals surface area contributed by atoms with Crippen LogP contribution >= 0.6 is 15.9 Å². The summed E-state index contributed by atoms with van der Waals surface area (Å²) in [5.74, 6) is 0. The molecule has 1 aliphatic heterocycles. The van der Waals surface area contributed by atoms with Crippen molar-refractivity contribution in [2.75, 3.05) is 11.6 Å². The highest BCUT2D eigenvalue weighted by molar-refractivity contribution is 9.10. The van der Waals surface area contributed by atoms with Crippen LogP contribution in [0.3, 0.4) is 0 Å². The Morgan fingerprint density at radius 2 is 2.31 bits per heavy atom. The minimum atomic E-state index is -0.307. The molecule has 0 saturated heterocycles. The minimum Gasteiger partial charge on any atom is -0.269 e. The van der Waals surface area contributed by atoms with Gasteiger partial charge < -0.3 is 0 Å². The van der Waals surface area contributed by atoms with Gasteiger partial charge in [0, 0.05) is 10.2 Å². The van der Waals surface area contributed by atoms with E-state index in [2.05, 4.69) is 26.2 Å². The highest BCUT2D eigenvalue weighted by Crippen LogP contribution is 2.22. The molecular weight excluding hydrogens is 234 g/mol. The number of hydrogen-bond acceptors (Lipinski definition) is 2. The Labute approximate surface area is 83.4 Å². The normalized spacial score (nSPS) is 15.5. The molecule has 0 bridgehead atoms. The first-order valence-electron chi connectivity index (χ1n) is 3.72. The first kappa shape index (κ1) is 8.37. The Morgan fingerprint density at radius 3 is 2.92 bits per heavy atom. The average Bonchev–Trinajstić information content (AvgIpc) is 2.51.